The molecule has 8 aromatic rings. The van der Waals surface area contributed by atoms with Crippen LogP contribution >= 0.6 is 31.9 Å². The van der Waals surface area contributed by atoms with Crippen molar-refractivity contribution >= 4 is 97.0 Å². The van der Waals surface area contributed by atoms with Crippen molar-refractivity contribution in [2.75, 3.05) is 0 Å². The number of hydrogen-bond donors (Lipinski definition) is 0. The molecule has 0 aliphatic rings. The van der Waals surface area contributed by atoms with Crippen molar-refractivity contribution in [2.45, 2.75) is 67.2 Å². The molecule has 4 nitrogen and oxygen atoms in total. The molecule has 8 rings (SSSR count). The second kappa shape index (κ2) is 14.3. The number of fused-ring (bicyclic) bond motifs is 12. The van der Waals surface area contributed by atoms with Gasteiger partial charge in [0.25, 0.3) is 0 Å². The summed E-state index contributed by atoms with van der Waals surface area (Å²) in [4.78, 5) is 19.7. The van der Waals surface area contributed by atoms with Crippen molar-refractivity contribution in [1.29, 1.82) is 0 Å². The summed E-state index contributed by atoms with van der Waals surface area (Å²) in [7, 11) is 0. The lowest BCUT2D eigenvalue weighted by atomic mass is 9.95. The van der Waals surface area contributed by atoms with E-state index in [9.17, 15) is 0 Å². The Labute approximate surface area is 311 Å². The van der Waals surface area contributed by atoms with Crippen molar-refractivity contribution in [3.05, 3.63) is 117 Å². The lowest BCUT2D eigenvalue weighted by Crippen LogP contribution is -2.00. The molecule has 0 aliphatic heterocycles. The molecule has 0 unspecified atom stereocenters. The summed E-state index contributed by atoms with van der Waals surface area (Å²) >= 11 is 7.18. The van der Waals surface area contributed by atoms with Crippen molar-refractivity contribution in [2.24, 2.45) is 11.8 Å². The normalized spacial score (nSPS) is 11.9. The highest BCUT2D eigenvalue weighted by molar-refractivity contribution is 9.10. The topological polar surface area (TPSA) is 51.6 Å². The summed E-state index contributed by atoms with van der Waals surface area (Å²) < 4.78 is 2.12. The van der Waals surface area contributed by atoms with Gasteiger partial charge in [-0.15, -0.1) is 0 Å². The second-order valence-electron chi connectivity index (χ2n) is 14.2. The molecule has 0 radical (unpaired) electrons. The van der Waals surface area contributed by atoms with Gasteiger partial charge in [-0.2, -0.15) is 0 Å². The zero-order valence-corrected chi connectivity index (χ0v) is 32.8. The van der Waals surface area contributed by atoms with Gasteiger partial charge in [-0.05, 0) is 107 Å². The standard InChI is InChI=1S/C24H26N2.C20H16Br2N2/c1-5-16-7-9-19-20-10-8-17(6-2)13-22(20)24-23(21(19)12-16)25-14-18(26-24)11-15(3)4;1-11(2)7-14-10-23-19-17-8-12(21)3-5-15(17)16-6-4-13(22)9-18(16)20(19)24-14/h7-10,12-15H,5-6,11H2,1-4H3;3-6,8-11H,7H2,1-2H3. The molecule has 0 N–H and O–H groups in total. The predicted molar refractivity (Wildman–Crippen MR) is 220 cm³/mol. The molecule has 0 amide bonds. The van der Waals surface area contributed by atoms with Crippen LogP contribution in [0.5, 0.6) is 0 Å². The van der Waals surface area contributed by atoms with E-state index in [1.807, 2.05) is 12.4 Å². The van der Waals surface area contributed by atoms with Crippen LogP contribution in [0.1, 0.15) is 64.1 Å². The van der Waals surface area contributed by atoms with Gasteiger partial charge in [-0.1, -0.05) is 110 Å². The van der Waals surface area contributed by atoms with Gasteiger partial charge in [-0.3, -0.25) is 9.97 Å². The molecule has 0 atom stereocenters. The number of rotatable bonds is 6. The van der Waals surface area contributed by atoms with Crippen LogP contribution in [-0.2, 0) is 25.7 Å². The second-order valence-corrected chi connectivity index (χ2v) is 16.0. The van der Waals surface area contributed by atoms with E-state index in [-0.39, 0.29) is 0 Å². The maximum Gasteiger partial charge on any atom is 0.0975 e. The van der Waals surface area contributed by atoms with Gasteiger partial charge >= 0.3 is 0 Å². The molecule has 0 fully saturated rings. The SMILES string of the molecule is CC(C)Cc1cnc2c3cc(Br)ccc3c3ccc(Br)cc3c2n1.CCc1ccc2c3ccc(CC)cc3c3nc(CC(C)C)cnc3c2c1. The monoisotopic (exact) mass is 784 g/mol. The summed E-state index contributed by atoms with van der Waals surface area (Å²) in [6.45, 7) is 13.3. The van der Waals surface area contributed by atoms with Crippen LogP contribution in [0.15, 0.2) is 94.1 Å². The van der Waals surface area contributed by atoms with Crippen LogP contribution in [0.3, 0.4) is 0 Å². The Hall–Kier alpha value is -4.00. The number of hydrogen-bond acceptors (Lipinski definition) is 4. The Bertz CT molecular complexity index is 2560. The third-order valence-electron chi connectivity index (χ3n) is 9.43. The summed E-state index contributed by atoms with van der Waals surface area (Å²) in [5.41, 5.74) is 8.85. The molecule has 6 heteroatoms. The van der Waals surface area contributed by atoms with E-state index in [0.29, 0.717) is 11.8 Å². The Morgan fingerprint density at radius 3 is 1.22 bits per heavy atom. The van der Waals surface area contributed by atoms with Crippen LogP contribution in [0.4, 0.5) is 0 Å². The molecule has 2 heterocycles. The summed E-state index contributed by atoms with van der Waals surface area (Å²) in [6, 6.07) is 26.4. The van der Waals surface area contributed by atoms with E-state index in [1.54, 1.807) is 0 Å². The summed E-state index contributed by atoms with van der Waals surface area (Å²) in [6.07, 6.45) is 7.86. The molecule has 0 saturated heterocycles. The van der Waals surface area contributed by atoms with Gasteiger partial charge in [0, 0.05) is 42.9 Å². The fraction of sp³-hybridized carbons (Fsp3) is 0.273. The minimum atomic E-state index is 0.560. The third-order valence-corrected chi connectivity index (χ3v) is 10.4. The zero-order valence-electron chi connectivity index (χ0n) is 29.6. The highest BCUT2D eigenvalue weighted by atomic mass is 79.9. The fourth-order valence-corrected chi connectivity index (χ4v) is 7.76. The molecule has 2 aromatic heterocycles. The maximum absolute atomic E-state index is 5.06. The quantitative estimate of drug-likeness (QED) is 0.158. The van der Waals surface area contributed by atoms with Gasteiger partial charge in [0.2, 0.25) is 0 Å². The number of benzene rings is 6. The molecule has 0 spiro atoms. The minimum absolute atomic E-state index is 0.560. The van der Waals surface area contributed by atoms with Crippen molar-refractivity contribution in [3.8, 4) is 0 Å². The highest BCUT2D eigenvalue weighted by Gasteiger charge is 2.15. The van der Waals surface area contributed by atoms with Gasteiger partial charge < -0.3 is 0 Å². The first-order valence-electron chi connectivity index (χ1n) is 17.7. The number of aryl methyl sites for hydroxylation is 2. The predicted octanol–water partition coefficient (Wildman–Crippen LogP) is 12.9. The lowest BCUT2D eigenvalue weighted by Gasteiger charge is -2.13. The van der Waals surface area contributed by atoms with Crippen molar-refractivity contribution in [1.82, 2.24) is 19.9 Å². The zero-order chi connectivity index (χ0) is 35.1. The lowest BCUT2D eigenvalue weighted by molar-refractivity contribution is 0.635. The van der Waals surface area contributed by atoms with Gasteiger partial charge in [0.05, 0.1) is 33.5 Å². The average molecular weight is 787 g/mol. The van der Waals surface area contributed by atoms with E-state index in [2.05, 4.69) is 146 Å². The summed E-state index contributed by atoms with van der Waals surface area (Å²) in [5, 5.41) is 9.71. The Morgan fingerprint density at radius 2 is 0.820 bits per heavy atom. The molecular weight excluding hydrogens is 744 g/mol. The summed E-state index contributed by atoms with van der Waals surface area (Å²) in [5.74, 6) is 1.13. The first kappa shape index (κ1) is 34.4. The van der Waals surface area contributed by atoms with Crippen molar-refractivity contribution in [3.63, 3.8) is 0 Å². The molecule has 252 valence electrons. The average Bonchev–Trinajstić information content (AvgIpc) is 3.11. The molecule has 6 aromatic carbocycles. The molecule has 50 heavy (non-hydrogen) atoms. The highest BCUT2D eigenvalue weighted by Crippen LogP contribution is 2.37. The first-order chi connectivity index (χ1) is 24.1. The third kappa shape index (κ3) is 6.72. The van der Waals surface area contributed by atoms with Crippen molar-refractivity contribution < 1.29 is 0 Å². The maximum atomic E-state index is 5.06. The number of nitrogens with zero attached hydrogens (tertiary/aromatic N) is 4. The van der Waals surface area contributed by atoms with Gasteiger partial charge in [0.15, 0.2) is 0 Å². The molecule has 0 bridgehead atoms. The van der Waals surface area contributed by atoms with Crippen LogP contribution < -0.4 is 0 Å². The van der Waals surface area contributed by atoms with Crippen LogP contribution in [0, 0.1) is 11.8 Å². The largest absolute Gasteiger partial charge is 0.252 e. The minimum Gasteiger partial charge on any atom is -0.252 e. The van der Waals surface area contributed by atoms with Crippen LogP contribution in [-0.4, -0.2) is 19.9 Å². The van der Waals surface area contributed by atoms with Crippen LogP contribution in [0.25, 0.3) is 65.2 Å². The molecular formula is C44H42Br2N4. The number of aromatic nitrogens is 4. The Kier molecular flexibility index (Phi) is 9.87. The molecule has 0 saturated carbocycles. The van der Waals surface area contributed by atoms with E-state index in [1.165, 1.54) is 43.4 Å². The van der Waals surface area contributed by atoms with E-state index in [0.717, 1.165) is 78.9 Å². The van der Waals surface area contributed by atoms with E-state index in [4.69, 9.17) is 19.9 Å². The smallest absolute Gasteiger partial charge is 0.0975 e. The van der Waals surface area contributed by atoms with Crippen LogP contribution in [0.2, 0.25) is 0 Å². The first-order valence-corrected chi connectivity index (χ1v) is 19.3. The van der Waals surface area contributed by atoms with Gasteiger partial charge in [-0.25, -0.2) is 9.97 Å². The van der Waals surface area contributed by atoms with E-state index < -0.39 is 0 Å². The Balaban J connectivity index is 0.000000157. The van der Waals surface area contributed by atoms with E-state index >= 15 is 0 Å². The van der Waals surface area contributed by atoms with Gasteiger partial charge in [0.1, 0.15) is 0 Å². The Morgan fingerprint density at radius 1 is 0.460 bits per heavy atom. The fourth-order valence-electron chi connectivity index (χ4n) is 7.03. The molecule has 0 aliphatic carbocycles. The number of halogens is 2.